The summed E-state index contributed by atoms with van der Waals surface area (Å²) in [6.45, 7) is 7.72. The van der Waals surface area contributed by atoms with Crippen molar-refractivity contribution in [2.24, 2.45) is 11.8 Å². The van der Waals surface area contributed by atoms with Crippen molar-refractivity contribution in [1.82, 2.24) is 9.80 Å². The predicted octanol–water partition coefficient (Wildman–Crippen LogP) is 2.52. The van der Waals surface area contributed by atoms with Crippen LogP contribution in [0.4, 0.5) is 0 Å². The molecule has 3 saturated heterocycles. The molecule has 0 bridgehead atoms. The lowest BCUT2D eigenvalue weighted by molar-refractivity contribution is -0.140. The minimum Gasteiger partial charge on any atom is -0.377 e. The molecule has 0 aliphatic carbocycles. The fraction of sp³-hybridized carbons (Fsp3) is 0.722. The maximum Gasteiger partial charge on any atom is 0.227 e. The lowest BCUT2D eigenvalue weighted by atomic mass is 9.82. The van der Waals surface area contributed by atoms with Crippen LogP contribution in [0.5, 0.6) is 0 Å². The van der Waals surface area contributed by atoms with Gasteiger partial charge in [-0.05, 0) is 38.3 Å². The molecule has 3 fully saturated rings. The zero-order valence-electron chi connectivity index (χ0n) is 13.9. The highest BCUT2D eigenvalue weighted by Gasteiger charge is 2.45. The molecule has 126 valence electrons. The highest BCUT2D eigenvalue weighted by Crippen LogP contribution is 2.36. The van der Waals surface area contributed by atoms with Gasteiger partial charge in [0.15, 0.2) is 0 Å². The van der Waals surface area contributed by atoms with Crippen molar-refractivity contribution in [2.75, 3.05) is 32.8 Å². The van der Waals surface area contributed by atoms with Crippen molar-refractivity contribution in [3.8, 4) is 0 Å². The normalized spacial score (nSPS) is 31.5. The van der Waals surface area contributed by atoms with E-state index in [4.69, 9.17) is 4.74 Å². The first-order chi connectivity index (χ1) is 11.2. The van der Waals surface area contributed by atoms with Gasteiger partial charge in [-0.25, -0.2) is 0 Å². The van der Waals surface area contributed by atoms with Crippen LogP contribution in [-0.2, 0) is 16.1 Å². The monoisotopic (exact) mass is 334 g/mol. The van der Waals surface area contributed by atoms with Crippen LogP contribution in [0.15, 0.2) is 12.1 Å². The van der Waals surface area contributed by atoms with Gasteiger partial charge < -0.3 is 9.64 Å². The maximum absolute atomic E-state index is 13.0. The van der Waals surface area contributed by atoms with Crippen LogP contribution in [0.1, 0.15) is 29.0 Å². The van der Waals surface area contributed by atoms with E-state index < -0.39 is 0 Å². The summed E-state index contributed by atoms with van der Waals surface area (Å²) in [7, 11) is 0. The molecule has 3 aliphatic heterocycles. The van der Waals surface area contributed by atoms with Crippen molar-refractivity contribution < 1.29 is 9.53 Å². The second-order valence-corrected chi connectivity index (χ2v) is 8.58. The Labute approximate surface area is 142 Å². The van der Waals surface area contributed by atoms with E-state index in [1.54, 1.807) is 0 Å². The quantitative estimate of drug-likeness (QED) is 0.851. The van der Waals surface area contributed by atoms with Crippen molar-refractivity contribution in [3.05, 3.63) is 21.9 Å². The van der Waals surface area contributed by atoms with Crippen LogP contribution in [0.3, 0.4) is 0 Å². The standard InChI is InChI=1S/C18H26N2O2S/c1-13-4-5-14(23-13)10-19-11-16(15-6-9-22-17(15)12-19)18(21)20-7-2-3-8-20/h4-5,15-17H,2-3,6-12H2,1H3/t15-,16-,17+/m1/s1. The van der Waals surface area contributed by atoms with E-state index in [1.165, 1.54) is 22.6 Å². The molecule has 0 unspecified atom stereocenters. The molecule has 1 amide bonds. The first-order valence-electron chi connectivity index (χ1n) is 8.89. The summed E-state index contributed by atoms with van der Waals surface area (Å²) in [6, 6.07) is 4.41. The van der Waals surface area contributed by atoms with Crippen molar-refractivity contribution >= 4 is 17.2 Å². The number of likely N-dealkylation sites (tertiary alicyclic amines) is 2. The van der Waals surface area contributed by atoms with Crippen LogP contribution >= 0.6 is 11.3 Å². The number of carbonyl (C=O) groups is 1. The van der Waals surface area contributed by atoms with E-state index in [0.717, 1.165) is 45.8 Å². The smallest absolute Gasteiger partial charge is 0.227 e. The molecule has 4 nitrogen and oxygen atoms in total. The van der Waals surface area contributed by atoms with E-state index in [0.29, 0.717) is 11.8 Å². The predicted molar refractivity (Wildman–Crippen MR) is 91.5 cm³/mol. The van der Waals surface area contributed by atoms with Gasteiger partial charge in [0.2, 0.25) is 5.91 Å². The molecule has 0 saturated carbocycles. The number of hydrogen-bond acceptors (Lipinski definition) is 4. The van der Waals surface area contributed by atoms with Gasteiger partial charge in [0, 0.05) is 55.0 Å². The molecule has 4 rings (SSSR count). The Balaban J connectivity index is 1.48. The number of piperidine rings is 1. The highest BCUT2D eigenvalue weighted by atomic mass is 32.1. The Morgan fingerprint density at radius 1 is 1.30 bits per heavy atom. The van der Waals surface area contributed by atoms with Gasteiger partial charge >= 0.3 is 0 Å². The summed E-state index contributed by atoms with van der Waals surface area (Å²) in [4.78, 5) is 20.3. The Morgan fingerprint density at radius 2 is 2.13 bits per heavy atom. The number of hydrogen-bond donors (Lipinski definition) is 0. The van der Waals surface area contributed by atoms with Crippen molar-refractivity contribution in [1.29, 1.82) is 0 Å². The second-order valence-electron chi connectivity index (χ2n) is 7.21. The zero-order chi connectivity index (χ0) is 15.8. The largest absolute Gasteiger partial charge is 0.377 e. The maximum atomic E-state index is 13.0. The number of fused-ring (bicyclic) bond motifs is 1. The molecular weight excluding hydrogens is 308 g/mol. The Morgan fingerprint density at radius 3 is 2.87 bits per heavy atom. The minimum atomic E-state index is 0.135. The molecule has 1 aromatic heterocycles. The van der Waals surface area contributed by atoms with E-state index in [2.05, 4.69) is 28.9 Å². The fourth-order valence-electron chi connectivity index (χ4n) is 4.41. The summed E-state index contributed by atoms with van der Waals surface area (Å²) in [5.41, 5.74) is 0. The lowest BCUT2D eigenvalue weighted by Crippen LogP contribution is -2.52. The SMILES string of the molecule is Cc1ccc(CN2C[C@@H]3OCC[C@@H]3[C@H](C(=O)N3CCCC3)C2)s1. The number of carbonyl (C=O) groups excluding carboxylic acids is 1. The lowest BCUT2D eigenvalue weighted by Gasteiger charge is -2.40. The Kier molecular flexibility index (Phi) is 4.43. The van der Waals surface area contributed by atoms with E-state index in [-0.39, 0.29) is 12.0 Å². The molecule has 23 heavy (non-hydrogen) atoms. The number of aryl methyl sites for hydroxylation is 1. The summed E-state index contributed by atoms with van der Waals surface area (Å²) in [5.74, 6) is 0.954. The molecule has 0 N–H and O–H groups in total. The third kappa shape index (κ3) is 3.19. The summed E-state index contributed by atoms with van der Waals surface area (Å²) < 4.78 is 5.96. The van der Waals surface area contributed by atoms with Crippen LogP contribution in [-0.4, -0.2) is 54.6 Å². The van der Waals surface area contributed by atoms with Gasteiger partial charge in [-0.2, -0.15) is 0 Å². The molecule has 0 radical (unpaired) electrons. The minimum absolute atomic E-state index is 0.135. The third-order valence-corrected chi connectivity index (χ3v) is 6.57. The van der Waals surface area contributed by atoms with Crippen molar-refractivity contribution in [3.63, 3.8) is 0 Å². The Hall–Kier alpha value is -0.910. The van der Waals surface area contributed by atoms with Crippen LogP contribution < -0.4 is 0 Å². The molecule has 0 spiro atoms. The molecule has 1 aromatic rings. The van der Waals surface area contributed by atoms with Gasteiger partial charge in [-0.3, -0.25) is 9.69 Å². The molecule has 0 aromatic carbocycles. The number of nitrogens with zero attached hydrogens (tertiary/aromatic N) is 2. The molecule has 5 heteroatoms. The fourth-order valence-corrected chi connectivity index (χ4v) is 5.34. The second kappa shape index (κ2) is 6.54. The molecule has 3 atom stereocenters. The van der Waals surface area contributed by atoms with Crippen LogP contribution in [0.2, 0.25) is 0 Å². The van der Waals surface area contributed by atoms with E-state index in [1.807, 2.05) is 11.3 Å². The molecule has 4 heterocycles. The Bertz CT molecular complexity index is 567. The zero-order valence-corrected chi connectivity index (χ0v) is 14.7. The molecule has 3 aliphatic rings. The van der Waals surface area contributed by atoms with Crippen LogP contribution in [0.25, 0.3) is 0 Å². The van der Waals surface area contributed by atoms with Gasteiger partial charge in [-0.1, -0.05) is 0 Å². The highest BCUT2D eigenvalue weighted by molar-refractivity contribution is 7.11. The topological polar surface area (TPSA) is 32.8 Å². The van der Waals surface area contributed by atoms with Gasteiger partial charge in [0.05, 0.1) is 12.0 Å². The van der Waals surface area contributed by atoms with E-state index >= 15 is 0 Å². The molecular formula is C18H26N2O2S. The first-order valence-corrected chi connectivity index (χ1v) is 9.70. The third-order valence-electron chi connectivity index (χ3n) is 5.58. The van der Waals surface area contributed by atoms with Gasteiger partial charge in [-0.15, -0.1) is 11.3 Å². The van der Waals surface area contributed by atoms with E-state index in [9.17, 15) is 4.79 Å². The average Bonchev–Trinajstić information content (AvgIpc) is 3.26. The first kappa shape index (κ1) is 15.6. The van der Waals surface area contributed by atoms with Gasteiger partial charge in [0.1, 0.15) is 0 Å². The number of rotatable bonds is 3. The average molecular weight is 334 g/mol. The summed E-state index contributed by atoms with van der Waals surface area (Å²) in [5, 5.41) is 0. The van der Waals surface area contributed by atoms with Gasteiger partial charge in [0.25, 0.3) is 0 Å². The van der Waals surface area contributed by atoms with Crippen molar-refractivity contribution in [2.45, 2.75) is 38.8 Å². The number of thiophene rings is 1. The summed E-state index contributed by atoms with van der Waals surface area (Å²) >= 11 is 1.86. The number of ether oxygens (including phenoxy) is 1. The summed E-state index contributed by atoms with van der Waals surface area (Å²) in [6.07, 6.45) is 3.64. The van der Waals surface area contributed by atoms with Crippen LogP contribution in [0, 0.1) is 18.8 Å². The number of amides is 1.